The first kappa shape index (κ1) is 27.9. The van der Waals surface area contributed by atoms with E-state index in [9.17, 15) is 22.8 Å². The molecule has 43 heavy (non-hydrogen) atoms. The number of amides is 2. The van der Waals surface area contributed by atoms with Crippen LogP contribution in [0.3, 0.4) is 0 Å². The topological polar surface area (TPSA) is 104 Å². The van der Waals surface area contributed by atoms with Crippen molar-refractivity contribution in [3.8, 4) is 0 Å². The van der Waals surface area contributed by atoms with Crippen molar-refractivity contribution >= 4 is 34.7 Å². The quantitative estimate of drug-likeness (QED) is 0.466. The molecule has 0 spiro atoms. The Morgan fingerprint density at radius 3 is 2.65 bits per heavy atom. The van der Waals surface area contributed by atoms with Gasteiger partial charge in [0.1, 0.15) is 6.54 Å². The van der Waals surface area contributed by atoms with Gasteiger partial charge in [0.15, 0.2) is 5.65 Å². The Kier molecular flexibility index (Phi) is 6.90. The van der Waals surface area contributed by atoms with E-state index in [0.717, 1.165) is 37.1 Å². The number of anilines is 2. The van der Waals surface area contributed by atoms with Crippen LogP contribution in [0, 0.1) is 11.8 Å². The monoisotopic (exact) mass is 597 g/mol. The highest BCUT2D eigenvalue weighted by atomic mass is 19.4. The molecule has 14 heteroatoms. The van der Waals surface area contributed by atoms with E-state index in [2.05, 4.69) is 26.5 Å². The van der Waals surface area contributed by atoms with Crippen LogP contribution in [0.25, 0.3) is 11.2 Å². The van der Waals surface area contributed by atoms with Gasteiger partial charge in [-0.25, -0.2) is 4.52 Å². The van der Waals surface area contributed by atoms with Crippen molar-refractivity contribution in [2.24, 2.45) is 11.8 Å². The average Bonchev–Trinajstić information content (AvgIpc) is 3.62. The molecule has 2 amide bonds. The fraction of sp³-hybridized carbons (Fsp3) is 0.552. The largest absolute Gasteiger partial charge is 0.391 e. The second-order valence-corrected chi connectivity index (χ2v) is 12.2. The van der Waals surface area contributed by atoms with Crippen LogP contribution in [0.5, 0.6) is 0 Å². The molecule has 2 unspecified atom stereocenters. The third-order valence-electron chi connectivity index (χ3n) is 9.35. The van der Waals surface area contributed by atoms with Gasteiger partial charge in [0.05, 0.1) is 23.8 Å². The number of carbonyl (C=O) groups excluding carboxylic acids is 2. The number of nitrogens with one attached hydrogen (secondary N) is 1. The van der Waals surface area contributed by atoms with Crippen molar-refractivity contribution in [3.05, 3.63) is 42.4 Å². The molecule has 6 heterocycles. The molecule has 3 aliphatic heterocycles. The summed E-state index contributed by atoms with van der Waals surface area (Å²) in [6, 6.07) is 3.74. The highest BCUT2D eigenvalue weighted by molar-refractivity contribution is 5.84. The SMILES string of the molecule is CN1CCN(C(=O)Cn2cc(Nc3nc4c(C5=CC6CCC(C5)N6C(=O)C5CC(C(F)(F)F)C5)cccn4n3)cn2)CC1. The highest BCUT2D eigenvalue weighted by Crippen LogP contribution is 2.48. The minimum Gasteiger partial charge on any atom is -0.339 e. The van der Waals surface area contributed by atoms with Gasteiger partial charge < -0.3 is 20.0 Å². The molecule has 0 aromatic carbocycles. The van der Waals surface area contributed by atoms with E-state index >= 15 is 0 Å². The smallest absolute Gasteiger partial charge is 0.339 e. The summed E-state index contributed by atoms with van der Waals surface area (Å²) in [5.41, 5.74) is 3.32. The Morgan fingerprint density at radius 1 is 1.12 bits per heavy atom. The van der Waals surface area contributed by atoms with Gasteiger partial charge >= 0.3 is 6.18 Å². The maximum absolute atomic E-state index is 13.2. The van der Waals surface area contributed by atoms with Crippen LogP contribution in [-0.2, 0) is 16.1 Å². The summed E-state index contributed by atoms with van der Waals surface area (Å²) in [5, 5.41) is 12.1. The van der Waals surface area contributed by atoms with E-state index in [1.165, 1.54) is 0 Å². The van der Waals surface area contributed by atoms with E-state index in [0.29, 0.717) is 36.8 Å². The number of hydrogen-bond acceptors (Lipinski definition) is 7. The van der Waals surface area contributed by atoms with Crippen molar-refractivity contribution in [2.75, 3.05) is 38.5 Å². The highest BCUT2D eigenvalue weighted by Gasteiger charge is 2.52. The van der Waals surface area contributed by atoms with Gasteiger partial charge in [0, 0.05) is 56.1 Å². The van der Waals surface area contributed by atoms with Gasteiger partial charge in [-0.2, -0.15) is 23.3 Å². The Hall–Kier alpha value is -3.94. The summed E-state index contributed by atoms with van der Waals surface area (Å²) in [5.74, 6) is -1.61. The first-order valence-corrected chi connectivity index (χ1v) is 14.8. The molecule has 2 atom stereocenters. The summed E-state index contributed by atoms with van der Waals surface area (Å²) in [6.07, 6.45) is 5.12. The Morgan fingerprint density at radius 2 is 1.91 bits per heavy atom. The predicted molar refractivity (Wildman–Crippen MR) is 151 cm³/mol. The zero-order chi connectivity index (χ0) is 29.9. The fourth-order valence-electron chi connectivity index (χ4n) is 6.82. The molecular formula is C29H34F3N9O2. The van der Waals surface area contributed by atoms with Crippen LogP contribution in [0.2, 0.25) is 0 Å². The number of rotatable bonds is 6. The Bertz CT molecular complexity index is 1570. The Labute approximate surface area is 246 Å². The normalized spacial score (nSPS) is 26.0. The summed E-state index contributed by atoms with van der Waals surface area (Å²) < 4.78 is 42.3. The third kappa shape index (κ3) is 5.36. The lowest BCUT2D eigenvalue weighted by atomic mass is 9.73. The number of aromatic nitrogens is 5. The van der Waals surface area contributed by atoms with E-state index in [1.807, 2.05) is 35.2 Å². The lowest BCUT2D eigenvalue weighted by Crippen LogP contribution is -2.50. The van der Waals surface area contributed by atoms with Crippen LogP contribution in [0.15, 0.2) is 36.8 Å². The second kappa shape index (κ2) is 10.6. The van der Waals surface area contributed by atoms with Gasteiger partial charge in [-0.1, -0.05) is 6.08 Å². The lowest BCUT2D eigenvalue weighted by Gasteiger charge is -2.42. The van der Waals surface area contributed by atoms with E-state index in [4.69, 9.17) is 4.98 Å². The lowest BCUT2D eigenvalue weighted by molar-refractivity contribution is -0.206. The molecule has 3 fully saturated rings. The van der Waals surface area contributed by atoms with E-state index in [1.54, 1.807) is 21.6 Å². The van der Waals surface area contributed by atoms with Crippen LogP contribution >= 0.6 is 0 Å². The first-order chi connectivity index (χ1) is 20.6. The minimum atomic E-state index is -4.22. The van der Waals surface area contributed by atoms with Crippen molar-refractivity contribution < 1.29 is 22.8 Å². The number of nitrogens with zero attached hydrogens (tertiary/aromatic N) is 8. The standard InChI is InChI=1S/C29H34F3N9O2/c1-37-7-9-38(10-8-37)25(42)17-39-16-21(15-33-39)34-28-35-26-24(3-2-6-40(26)36-28)18-13-22-4-5-23(14-18)41(22)27(43)19-11-20(12-19)29(30,31)32/h2-3,6,13,15-16,19-20,22-23H,4-5,7-12,14,17H2,1H3,(H,34,36). The van der Waals surface area contributed by atoms with E-state index in [-0.39, 0.29) is 43.3 Å². The van der Waals surface area contributed by atoms with Crippen LogP contribution < -0.4 is 5.32 Å². The maximum Gasteiger partial charge on any atom is 0.391 e. The van der Waals surface area contributed by atoms with Crippen LogP contribution in [0.4, 0.5) is 24.8 Å². The molecule has 3 aromatic rings. The Balaban J connectivity index is 1.03. The molecule has 228 valence electrons. The van der Waals surface area contributed by atoms with Crippen LogP contribution in [-0.4, -0.2) is 102 Å². The molecule has 3 aromatic heterocycles. The van der Waals surface area contributed by atoms with Gasteiger partial charge in [0.2, 0.25) is 17.8 Å². The van der Waals surface area contributed by atoms with Gasteiger partial charge in [-0.05, 0) is 56.9 Å². The zero-order valence-corrected chi connectivity index (χ0v) is 23.9. The first-order valence-electron chi connectivity index (χ1n) is 14.8. The fourth-order valence-corrected chi connectivity index (χ4v) is 6.82. The summed E-state index contributed by atoms with van der Waals surface area (Å²) in [6.45, 7) is 3.31. The number of halogens is 3. The minimum absolute atomic E-state index is 0.0254. The number of fused-ring (bicyclic) bond motifs is 3. The van der Waals surface area contributed by atoms with Crippen molar-refractivity contribution in [2.45, 2.75) is 56.9 Å². The van der Waals surface area contributed by atoms with Gasteiger partial charge in [-0.3, -0.25) is 14.3 Å². The zero-order valence-electron chi connectivity index (χ0n) is 23.9. The number of hydrogen-bond donors (Lipinski definition) is 1. The van der Waals surface area contributed by atoms with Crippen molar-refractivity contribution in [3.63, 3.8) is 0 Å². The molecule has 7 rings (SSSR count). The molecule has 1 aliphatic carbocycles. The van der Waals surface area contributed by atoms with Crippen LogP contribution in [0.1, 0.15) is 37.7 Å². The molecule has 0 radical (unpaired) electrons. The van der Waals surface area contributed by atoms with Crippen molar-refractivity contribution in [1.29, 1.82) is 0 Å². The molecule has 1 N–H and O–H groups in total. The molecule has 2 bridgehead atoms. The van der Waals surface area contributed by atoms with Crippen molar-refractivity contribution in [1.82, 2.24) is 39.1 Å². The molecule has 11 nitrogen and oxygen atoms in total. The molecule has 1 saturated carbocycles. The number of alkyl halides is 3. The summed E-state index contributed by atoms with van der Waals surface area (Å²) in [7, 11) is 2.05. The van der Waals surface area contributed by atoms with E-state index < -0.39 is 18.0 Å². The number of piperazine rings is 1. The molecule has 4 aliphatic rings. The molecular weight excluding hydrogens is 563 g/mol. The van der Waals surface area contributed by atoms with Gasteiger partial charge in [0.25, 0.3) is 0 Å². The summed E-state index contributed by atoms with van der Waals surface area (Å²) in [4.78, 5) is 36.5. The maximum atomic E-state index is 13.2. The molecule has 2 saturated heterocycles. The average molecular weight is 598 g/mol. The predicted octanol–water partition coefficient (Wildman–Crippen LogP) is 3.18. The number of carbonyl (C=O) groups is 2. The third-order valence-corrected chi connectivity index (χ3v) is 9.35. The van der Waals surface area contributed by atoms with Gasteiger partial charge in [-0.15, -0.1) is 5.10 Å². The number of likely N-dealkylation sites (N-methyl/N-ethyl adjacent to an activating group) is 1. The second-order valence-electron chi connectivity index (χ2n) is 12.2. The number of pyridine rings is 1. The summed E-state index contributed by atoms with van der Waals surface area (Å²) >= 11 is 0.